The SMILES string of the molecule is CC(=O)N[C@@H](Cc1ccccc1F)C(=O)NC1CCN(C(=O)Nc2cccc(Cl)c2)CC1. The number of urea groups is 1. The molecule has 2 aromatic rings. The number of carbonyl (C=O) groups is 3. The number of nitrogens with zero attached hydrogens (tertiary/aromatic N) is 1. The predicted octanol–water partition coefficient (Wildman–Crippen LogP) is 3.34. The van der Waals surface area contributed by atoms with Crippen molar-refractivity contribution in [1.82, 2.24) is 15.5 Å². The zero-order chi connectivity index (χ0) is 23.1. The highest BCUT2D eigenvalue weighted by Crippen LogP contribution is 2.17. The molecule has 0 radical (unpaired) electrons. The van der Waals surface area contributed by atoms with Crippen molar-refractivity contribution in [3.8, 4) is 0 Å². The van der Waals surface area contributed by atoms with Gasteiger partial charge in [0.1, 0.15) is 11.9 Å². The van der Waals surface area contributed by atoms with Crippen LogP contribution in [0.3, 0.4) is 0 Å². The van der Waals surface area contributed by atoms with Gasteiger partial charge in [-0.25, -0.2) is 9.18 Å². The highest BCUT2D eigenvalue weighted by molar-refractivity contribution is 6.30. The van der Waals surface area contributed by atoms with Crippen molar-refractivity contribution in [3.63, 3.8) is 0 Å². The number of likely N-dealkylation sites (tertiary alicyclic amines) is 1. The molecule has 1 aliphatic rings. The second-order valence-corrected chi connectivity index (χ2v) is 8.20. The minimum Gasteiger partial charge on any atom is -0.351 e. The fourth-order valence-corrected chi connectivity index (χ4v) is 3.83. The number of hydrogen-bond acceptors (Lipinski definition) is 3. The van der Waals surface area contributed by atoms with Gasteiger partial charge in [0.15, 0.2) is 0 Å². The van der Waals surface area contributed by atoms with E-state index in [0.29, 0.717) is 42.2 Å². The molecule has 3 N–H and O–H groups in total. The fourth-order valence-electron chi connectivity index (χ4n) is 3.64. The van der Waals surface area contributed by atoms with E-state index in [-0.39, 0.29) is 30.3 Å². The van der Waals surface area contributed by atoms with Gasteiger partial charge in [-0.05, 0) is 42.7 Å². The molecule has 32 heavy (non-hydrogen) atoms. The van der Waals surface area contributed by atoms with Crippen LogP contribution in [0, 0.1) is 5.82 Å². The summed E-state index contributed by atoms with van der Waals surface area (Å²) < 4.78 is 14.0. The highest BCUT2D eigenvalue weighted by Gasteiger charge is 2.27. The predicted molar refractivity (Wildman–Crippen MR) is 121 cm³/mol. The number of amides is 4. The van der Waals surface area contributed by atoms with Gasteiger partial charge in [0.2, 0.25) is 11.8 Å². The Bertz CT molecular complexity index is 979. The van der Waals surface area contributed by atoms with E-state index in [1.165, 1.54) is 13.0 Å². The Balaban J connectivity index is 1.53. The van der Waals surface area contributed by atoms with Crippen LogP contribution in [0.5, 0.6) is 0 Å². The zero-order valence-corrected chi connectivity index (χ0v) is 18.5. The molecule has 0 bridgehead atoms. The molecule has 1 aliphatic heterocycles. The van der Waals surface area contributed by atoms with E-state index in [2.05, 4.69) is 16.0 Å². The summed E-state index contributed by atoms with van der Waals surface area (Å²) in [4.78, 5) is 38.5. The summed E-state index contributed by atoms with van der Waals surface area (Å²) in [6.45, 7) is 2.25. The number of hydrogen-bond donors (Lipinski definition) is 3. The lowest BCUT2D eigenvalue weighted by atomic mass is 10.0. The van der Waals surface area contributed by atoms with Crippen molar-refractivity contribution in [3.05, 3.63) is 64.9 Å². The third kappa shape index (κ3) is 6.68. The molecule has 0 aliphatic carbocycles. The topological polar surface area (TPSA) is 90.5 Å². The lowest BCUT2D eigenvalue weighted by Gasteiger charge is -2.33. The number of rotatable bonds is 6. The Labute approximate surface area is 191 Å². The molecule has 0 unspecified atom stereocenters. The van der Waals surface area contributed by atoms with Crippen LogP contribution in [0.2, 0.25) is 5.02 Å². The van der Waals surface area contributed by atoms with E-state index >= 15 is 0 Å². The standard InChI is InChI=1S/C23H26ClFN4O3/c1-15(30)26-21(13-16-5-2-3-8-20(16)25)22(31)27-18-9-11-29(12-10-18)23(32)28-19-7-4-6-17(24)14-19/h2-8,14,18,21H,9-13H2,1H3,(H,26,30)(H,27,31)(H,28,32)/t21-/m0/s1. The Hall–Kier alpha value is -3.13. The Morgan fingerprint density at radius 3 is 2.50 bits per heavy atom. The van der Waals surface area contributed by atoms with Gasteiger partial charge in [-0.1, -0.05) is 35.9 Å². The first-order valence-corrected chi connectivity index (χ1v) is 10.8. The maximum absolute atomic E-state index is 14.0. The van der Waals surface area contributed by atoms with E-state index in [4.69, 9.17) is 11.6 Å². The number of benzene rings is 2. The zero-order valence-electron chi connectivity index (χ0n) is 17.7. The normalized spacial score (nSPS) is 15.0. The van der Waals surface area contributed by atoms with Crippen LogP contribution in [-0.4, -0.2) is 47.9 Å². The Morgan fingerprint density at radius 2 is 1.84 bits per heavy atom. The van der Waals surface area contributed by atoms with Gasteiger partial charge in [0, 0.05) is 43.2 Å². The first-order valence-electron chi connectivity index (χ1n) is 10.4. The van der Waals surface area contributed by atoms with E-state index in [0.717, 1.165) is 0 Å². The fraction of sp³-hybridized carbons (Fsp3) is 0.348. The molecule has 0 aromatic heterocycles. The maximum Gasteiger partial charge on any atom is 0.321 e. The van der Waals surface area contributed by atoms with Crippen molar-refractivity contribution in [1.29, 1.82) is 0 Å². The van der Waals surface area contributed by atoms with Crippen LogP contribution in [0.25, 0.3) is 0 Å². The minimum absolute atomic E-state index is 0.0545. The number of anilines is 1. The number of nitrogens with one attached hydrogen (secondary N) is 3. The largest absolute Gasteiger partial charge is 0.351 e. The molecule has 1 heterocycles. The molecule has 2 aromatic carbocycles. The average Bonchev–Trinajstić information content (AvgIpc) is 2.75. The van der Waals surface area contributed by atoms with E-state index in [9.17, 15) is 18.8 Å². The molecule has 9 heteroatoms. The van der Waals surface area contributed by atoms with Gasteiger partial charge >= 0.3 is 6.03 Å². The molecule has 1 saturated heterocycles. The van der Waals surface area contributed by atoms with Crippen molar-refractivity contribution in [2.24, 2.45) is 0 Å². The third-order valence-corrected chi connectivity index (χ3v) is 5.52. The van der Waals surface area contributed by atoms with Crippen molar-refractivity contribution in [2.45, 2.75) is 38.3 Å². The monoisotopic (exact) mass is 460 g/mol. The van der Waals surface area contributed by atoms with E-state index in [1.54, 1.807) is 47.4 Å². The van der Waals surface area contributed by atoms with Crippen LogP contribution < -0.4 is 16.0 Å². The molecular formula is C23H26ClFN4O3. The van der Waals surface area contributed by atoms with E-state index in [1.807, 2.05) is 0 Å². The average molecular weight is 461 g/mol. The lowest BCUT2D eigenvalue weighted by molar-refractivity contribution is -0.128. The summed E-state index contributed by atoms with van der Waals surface area (Å²) in [6, 6.07) is 11.8. The third-order valence-electron chi connectivity index (χ3n) is 5.28. The van der Waals surface area contributed by atoms with Crippen LogP contribution in [0.1, 0.15) is 25.3 Å². The smallest absolute Gasteiger partial charge is 0.321 e. The molecule has 170 valence electrons. The first-order chi connectivity index (χ1) is 15.3. The van der Waals surface area contributed by atoms with Gasteiger partial charge in [-0.2, -0.15) is 0 Å². The molecule has 0 saturated carbocycles. The number of halogens is 2. The van der Waals surface area contributed by atoms with Crippen LogP contribution in [0.4, 0.5) is 14.9 Å². The summed E-state index contributed by atoms with van der Waals surface area (Å²) >= 11 is 5.95. The molecule has 3 rings (SSSR count). The summed E-state index contributed by atoms with van der Waals surface area (Å²) in [5.41, 5.74) is 0.970. The maximum atomic E-state index is 14.0. The number of piperidine rings is 1. The highest BCUT2D eigenvalue weighted by atomic mass is 35.5. The van der Waals surface area contributed by atoms with Gasteiger partial charge in [0.05, 0.1) is 0 Å². The molecule has 1 fully saturated rings. The van der Waals surface area contributed by atoms with Crippen molar-refractivity contribution >= 4 is 35.1 Å². The van der Waals surface area contributed by atoms with Crippen LogP contribution >= 0.6 is 11.6 Å². The van der Waals surface area contributed by atoms with Gasteiger partial charge in [-0.15, -0.1) is 0 Å². The van der Waals surface area contributed by atoms with Gasteiger partial charge in [0.25, 0.3) is 0 Å². The molecule has 7 nitrogen and oxygen atoms in total. The second-order valence-electron chi connectivity index (χ2n) is 7.76. The molecule has 4 amide bonds. The number of carbonyl (C=O) groups excluding carboxylic acids is 3. The molecule has 0 spiro atoms. The summed E-state index contributed by atoms with van der Waals surface area (Å²) in [5, 5.41) is 8.88. The van der Waals surface area contributed by atoms with Crippen LogP contribution in [-0.2, 0) is 16.0 Å². The van der Waals surface area contributed by atoms with Gasteiger partial charge < -0.3 is 20.9 Å². The van der Waals surface area contributed by atoms with Crippen molar-refractivity contribution < 1.29 is 18.8 Å². The summed E-state index contributed by atoms with van der Waals surface area (Å²) in [7, 11) is 0. The summed E-state index contributed by atoms with van der Waals surface area (Å²) in [6.07, 6.45) is 1.20. The molecule has 1 atom stereocenters. The Morgan fingerprint density at radius 1 is 1.12 bits per heavy atom. The Kier molecular flexibility index (Phi) is 8.05. The molecular weight excluding hydrogens is 435 g/mol. The minimum atomic E-state index is -0.881. The van der Waals surface area contributed by atoms with E-state index < -0.39 is 11.9 Å². The first kappa shape index (κ1) is 23.5. The quantitative estimate of drug-likeness (QED) is 0.617. The second kappa shape index (κ2) is 10.9. The van der Waals surface area contributed by atoms with Crippen molar-refractivity contribution in [2.75, 3.05) is 18.4 Å². The lowest BCUT2D eigenvalue weighted by Crippen LogP contribution is -2.53. The van der Waals surface area contributed by atoms with Crippen LogP contribution in [0.15, 0.2) is 48.5 Å². The van der Waals surface area contributed by atoms with Gasteiger partial charge in [-0.3, -0.25) is 9.59 Å². The summed E-state index contributed by atoms with van der Waals surface area (Å²) in [5.74, 6) is -1.16.